The van der Waals surface area contributed by atoms with Gasteiger partial charge in [0.1, 0.15) is 40.9 Å². The summed E-state index contributed by atoms with van der Waals surface area (Å²) in [6.45, 7) is 5.53. The fourth-order valence-corrected chi connectivity index (χ4v) is 5.22. The molecule has 2 aliphatic heterocycles. The first-order chi connectivity index (χ1) is 19.5. The number of nitrogens with one attached hydrogen (secondary N) is 1. The molecule has 3 heterocycles. The Labute approximate surface area is 233 Å². The summed E-state index contributed by atoms with van der Waals surface area (Å²) in [5.74, 6) is 4.57. The topological polar surface area (TPSA) is 85.5 Å². The van der Waals surface area contributed by atoms with E-state index in [4.69, 9.17) is 29.2 Å². The Balaban J connectivity index is 1.44. The number of benzene rings is 3. The van der Waals surface area contributed by atoms with Gasteiger partial charge in [0.15, 0.2) is 11.4 Å². The van der Waals surface area contributed by atoms with Crippen LogP contribution in [-0.2, 0) is 18.6 Å². The van der Waals surface area contributed by atoms with E-state index in [2.05, 4.69) is 16.8 Å². The van der Waals surface area contributed by atoms with Crippen LogP contribution in [0.2, 0.25) is 0 Å². The fraction of sp³-hybridized carbons (Fsp3) is 0.194. The average molecular weight is 535 g/mol. The third-order valence-electron chi connectivity index (χ3n) is 7.31. The van der Waals surface area contributed by atoms with E-state index < -0.39 is 5.54 Å². The molecule has 0 bridgehead atoms. The summed E-state index contributed by atoms with van der Waals surface area (Å²) in [4.78, 5) is 16.7. The van der Waals surface area contributed by atoms with Gasteiger partial charge in [-0.15, -0.1) is 0 Å². The zero-order valence-electron chi connectivity index (χ0n) is 22.7. The summed E-state index contributed by atoms with van der Waals surface area (Å²) < 4.78 is 18.1. The van der Waals surface area contributed by atoms with Gasteiger partial charge >= 0.3 is 0 Å². The molecule has 4 aromatic rings. The Morgan fingerprint density at radius 1 is 0.775 bits per heavy atom. The number of aliphatic imine (C=N–C) groups is 2. The van der Waals surface area contributed by atoms with E-state index in [1.165, 1.54) is 0 Å². The van der Waals surface area contributed by atoms with Gasteiger partial charge in [-0.3, -0.25) is 0 Å². The Kier molecular flexibility index (Phi) is 6.47. The number of ether oxygens (including phenoxy) is 3. The van der Waals surface area contributed by atoms with Crippen molar-refractivity contribution in [2.45, 2.75) is 18.6 Å². The molecule has 0 aliphatic carbocycles. The monoisotopic (exact) mass is 534 g/mol. The van der Waals surface area contributed by atoms with Crippen molar-refractivity contribution in [1.82, 2.24) is 19.8 Å². The van der Waals surface area contributed by atoms with Gasteiger partial charge in [-0.2, -0.15) is 0 Å². The third kappa shape index (κ3) is 4.25. The highest BCUT2D eigenvalue weighted by molar-refractivity contribution is 6.04. The van der Waals surface area contributed by atoms with E-state index in [1.807, 2.05) is 83.7 Å². The van der Waals surface area contributed by atoms with Gasteiger partial charge in [-0.1, -0.05) is 43.0 Å². The number of hydrogen-bond acceptors (Lipinski definition) is 8. The predicted octanol–water partition coefficient (Wildman–Crippen LogP) is 4.85. The summed E-state index contributed by atoms with van der Waals surface area (Å²) in [5.41, 5.74) is 2.98. The lowest BCUT2D eigenvalue weighted by Crippen LogP contribution is -2.45. The van der Waals surface area contributed by atoms with Gasteiger partial charge < -0.3 is 29.0 Å². The van der Waals surface area contributed by atoms with E-state index in [0.29, 0.717) is 13.1 Å². The van der Waals surface area contributed by atoms with Crippen LogP contribution in [0.1, 0.15) is 22.4 Å². The highest BCUT2D eigenvalue weighted by Gasteiger charge is 2.53. The number of nitrogens with zero attached hydrogens (tertiary/aromatic N) is 5. The minimum atomic E-state index is -0.910. The summed E-state index contributed by atoms with van der Waals surface area (Å²) in [5, 5.41) is 3.67. The highest BCUT2D eigenvalue weighted by atomic mass is 16.5. The molecule has 1 aromatic heterocycles. The molecule has 40 heavy (non-hydrogen) atoms. The van der Waals surface area contributed by atoms with Crippen molar-refractivity contribution >= 4 is 18.0 Å². The number of hydrogen-bond donors (Lipinski definition) is 1. The Hall–Kier alpha value is -5.05. The molecular weight excluding hydrogens is 504 g/mol. The second kappa shape index (κ2) is 10.3. The summed E-state index contributed by atoms with van der Waals surface area (Å²) >= 11 is 0. The molecule has 9 heteroatoms. The molecule has 0 spiro atoms. The molecular formula is C31H30N6O3. The van der Waals surface area contributed by atoms with E-state index in [0.717, 1.165) is 57.1 Å². The Bertz CT molecular complexity index is 1590. The molecule has 6 rings (SSSR count). The molecule has 1 atom stereocenters. The van der Waals surface area contributed by atoms with Gasteiger partial charge in [0.05, 0.1) is 40.7 Å². The minimum absolute atomic E-state index is 0.558. The van der Waals surface area contributed by atoms with Crippen LogP contribution in [0, 0.1) is 0 Å². The molecule has 0 amide bonds. The molecule has 0 radical (unpaired) electrons. The van der Waals surface area contributed by atoms with Gasteiger partial charge in [0, 0.05) is 0 Å². The number of imidazole rings is 1. The molecule has 1 fully saturated rings. The average Bonchev–Trinajstić information content (AvgIpc) is 3.46. The van der Waals surface area contributed by atoms with Crippen LogP contribution in [0.5, 0.6) is 17.2 Å². The first kappa shape index (κ1) is 25.2. The zero-order chi connectivity index (χ0) is 27.7. The number of amidine groups is 1. The maximum Gasteiger partial charge on any atom is 0.169 e. The standard InChI is InChI=1S/C31H30N6O3/c1-21-35-31(24-9-15-27(40-4)16-10-24)28-29(36(20-34-28)17-22-5-11-25(38-2)12-6-22)32-19-33-30(31)37(21)18-23-7-13-26(39-3)14-8-23/h5-16,19-20,35H,1,17-18H2,2-4H3. The highest BCUT2D eigenvalue weighted by Crippen LogP contribution is 2.44. The Morgan fingerprint density at radius 2 is 1.32 bits per heavy atom. The lowest BCUT2D eigenvalue weighted by Gasteiger charge is -2.29. The first-order valence-corrected chi connectivity index (χ1v) is 12.9. The van der Waals surface area contributed by atoms with Crippen LogP contribution >= 0.6 is 0 Å². The number of aromatic nitrogens is 2. The lowest BCUT2D eigenvalue weighted by molar-refractivity contribution is 0.414. The van der Waals surface area contributed by atoms with Crippen LogP contribution < -0.4 is 19.5 Å². The van der Waals surface area contributed by atoms with Crippen molar-refractivity contribution in [3.63, 3.8) is 0 Å². The van der Waals surface area contributed by atoms with Crippen molar-refractivity contribution in [2.75, 3.05) is 21.3 Å². The van der Waals surface area contributed by atoms with E-state index in [9.17, 15) is 0 Å². The quantitative estimate of drug-likeness (QED) is 0.348. The maximum atomic E-state index is 5.44. The smallest absolute Gasteiger partial charge is 0.169 e. The molecule has 3 aromatic carbocycles. The summed E-state index contributed by atoms with van der Waals surface area (Å²) in [6.07, 6.45) is 3.43. The summed E-state index contributed by atoms with van der Waals surface area (Å²) in [6, 6.07) is 23.9. The number of fused-ring (bicyclic) bond motifs is 3. The third-order valence-corrected chi connectivity index (χ3v) is 7.31. The molecule has 1 saturated heterocycles. The molecule has 202 valence electrons. The second-order valence-corrected chi connectivity index (χ2v) is 9.57. The van der Waals surface area contributed by atoms with Gasteiger partial charge in [-0.05, 0) is 53.1 Å². The summed E-state index contributed by atoms with van der Waals surface area (Å²) in [7, 11) is 4.98. The molecule has 9 nitrogen and oxygen atoms in total. The van der Waals surface area contributed by atoms with Crippen molar-refractivity contribution in [3.05, 3.63) is 114 Å². The largest absolute Gasteiger partial charge is 0.497 e. The van der Waals surface area contributed by atoms with Gasteiger partial charge in [0.25, 0.3) is 0 Å². The fourth-order valence-electron chi connectivity index (χ4n) is 5.22. The molecule has 1 unspecified atom stereocenters. The van der Waals surface area contributed by atoms with Gasteiger partial charge in [0.2, 0.25) is 0 Å². The molecule has 1 N–H and O–H groups in total. The Morgan fingerprint density at radius 3 is 1.90 bits per heavy atom. The van der Waals surface area contributed by atoms with Crippen LogP contribution in [0.3, 0.4) is 0 Å². The SMILES string of the molecule is C=C1NC2(c3ccc(OC)cc3)C(=NC=Nc3c2ncn3Cc2ccc(OC)cc2)N1Cc1ccc(OC)cc1. The van der Waals surface area contributed by atoms with Crippen molar-refractivity contribution in [3.8, 4) is 17.2 Å². The van der Waals surface area contributed by atoms with E-state index in [1.54, 1.807) is 27.7 Å². The maximum absolute atomic E-state index is 5.44. The van der Waals surface area contributed by atoms with Crippen molar-refractivity contribution < 1.29 is 14.2 Å². The van der Waals surface area contributed by atoms with Crippen LogP contribution in [-0.4, -0.2) is 48.0 Å². The number of methoxy groups -OCH3 is 3. The normalized spacial score (nSPS) is 17.4. The molecule has 2 aliphatic rings. The number of rotatable bonds is 8. The lowest BCUT2D eigenvalue weighted by atomic mass is 9.85. The van der Waals surface area contributed by atoms with Gasteiger partial charge in [-0.25, -0.2) is 15.0 Å². The van der Waals surface area contributed by atoms with Crippen LogP contribution in [0.15, 0.2) is 102 Å². The second-order valence-electron chi connectivity index (χ2n) is 9.57. The van der Waals surface area contributed by atoms with E-state index in [-0.39, 0.29) is 0 Å². The first-order valence-electron chi connectivity index (χ1n) is 12.9. The zero-order valence-corrected chi connectivity index (χ0v) is 22.7. The van der Waals surface area contributed by atoms with Crippen LogP contribution in [0.4, 0.5) is 5.82 Å². The molecule has 0 saturated carbocycles. The van der Waals surface area contributed by atoms with E-state index >= 15 is 0 Å². The van der Waals surface area contributed by atoms with Crippen molar-refractivity contribution in [2.24, 2.45) is 9.98 Å². The van der Waals surface area contributed by atoms with Crippen LogP contribution in [0.25, 0.3) is 0 Å². The minimum Gasteiger partial charge on any atom is -0.497 e. The van der Waals surface area contributed by atoms with Crippen molar-refractivity contribution in [1.29, 1.82) is 0 Å². The predicted molar refractivity (Wildman–Crippen MR) is 154 cm³/mol.